The molecule has 1 rings (SSSR count). The van der Waals surface area contributed by atoms with Gasteiger partial charge in [-0.05, 0) is 32.9 Å². The van der Waals surface area contributed by atoms with Crippen LogP contribution in [0.15, 0.2) is 24.5 Å². The minimum Gasteiger partial charge on any atom is -0.490 e. The highest BCUT2D eigenvalue weighted by atomic mass is 16.6. The molecule has 0 aliphatic carbocycles. The second kappa shape index (κ2) is 4.31. The largest absolute Gasteiger partial charge is 0.490 e. The minimum absolute atomic E-state index is 0.147. The Morgan fingerprint density at radius 1 is 1.43 bits per heavy atom. The lowest BCUT2D eigenvalue weighted by Gasteiger charge is -2.20. The zero-order valence-electron chi connectivity index (χ0n) is 8.82. The Morgan fingerprint density at radius 2 is 2.14 bits per heavy atom. The van der Waals surface area contributed by atoms with Crippen molar-refractivity contribution < 1.29 is 14.3 Å². The van der Waals surface area contributed by atoms with Gasteiger partial charge in [0.05, 0.1) is 11.7 Å². The van der Waals surface area contributed by atoms with E-state index in [1.165, 1.54) is 0 Å². The van der Waals surface area contributed by atoms with Gasteiger partial charge in [-0.25, -0.2) is 0 Å². The van der Waals surface area contributed by atoms with E-state index in [0.29, 0.717) is 0 Å². The molecule has 3 nitrogen and oxygen atoms in total. The molecule has 1 aliphatic heterocycles. The summed E-state index contributed by atoms with van der Waals surface area (Å²) in [5.74, 6) is -0.205. The summed E-state index contributed by atoms with van der Waals surface area (Å²) in [5, 5.41) is 0. The van der Waals surface area contributed by atoms with E-state index in [-0.39, 0.29) is 18.7 Å². The van der Waals surface area contributed by atoms with E-state index in [0.717, 1.165) is 0 Å². The molecule has 78 valence electrons. The van der Waals surface area contributed by atoms with Gasteiger partial charge >= 0.3 is 5.97 Å². The summed E-state index contributed by atoms with van der Waals surface area (Å²) in [4.78, 5) is 11.4. The fraction of sp³-hybridized carbons (Fsp3) is 0.545. The molecule has 0 saturated heterocycles. The van der Waals surface area contributed by atoms with Gasteiger partial charge in [0.15, 0.2) is 6.10 Å². The third-order valence-electron chi connectivity index (χ3n) is 1.76. The van der Waals surface area contributed by atoms with Crippen molar-refractivity contribution >= 4 is 5.97 Å². The lowest BCUT2D eigenvalue weighted by molar-refractivity contribution is -0.155. The number of hydrogen-bond acceptors (Lipinski definition) is 3. The van der Waals surface area contributed by atoms with Crippen LogP contribution in [-0.4, -0.2) is 18.7 Å². The van der Waals surface area contributed by atoms with Crippen LogP contribution in [0.3, 0.4) is 0 Å². The number of rotatable bonds is 2. The lowest BCUT2D eigenvalue weighted by Crippen LogP contribution is -2.27. The molecule has 1 aliphatic rings. The lowest BCUT2D eigenvalue weighted by atomic mass is 9.97. The maximum atomic E-state index is 11.4. The van der Waals surface area contributed by atoms with E-state index in [9.17, 15) is 4.79 Å². The van der Waals surface area contributed by atoms with Crippen LogP contribution in [0.5, 0.6) is 0 Å². The Hall–Kier alpha value is -1.25. The molecule has 0 bridgehead atoms. The SMILES string of the molecule is CC(C)(C)C(=O)OC[C@H]1C=CC=CO1. The van der Waals surface area contributed by atoms with Gasteiger partial charge in [0, 0.05) is 0 Å². The molecule has 0 aromatic rings. The van der Waals surface area contributed by atoms with Crippen molar-refractivity contribution in [3.05, 3.63) is 24.5 Å². The van der Waals surface area contributed by atoms with E-state index in [2.05, 4.69) is 0 Å². The first-order chi connectivity index (χ1) is 6.50. The van der Waals surface area contributed by atoms with Crippen LogP contribution in [0, 0.1) is 5.41 Å². The third kappa shape index (κ3) is 3.24. The quantitative estimate of drug-likeness (QED) is 0.634. The van der Waals surface area contributed by atoms with Gasteiger partial charge in [-0.1, -0.05) is 6.08 Å². The fourth-order valence-corrected chi connectivity index (χ4v) is 0.894. The highest BCUT2D eigenvalue weighted by Gasteiger charge is 2.24. The fourth-order valence-electron chi connectivity index (χ4n) is 0.894. The van der Waals surface area contributed by atoms with Crippen LogP contribution in [0.25, 0.3) is 0 Å². The molecule has 14 heavy (non-hydrogen) atoms. The van der Waals surface area contributed by atoms with Crippen molar-refractivity contribution in [2.45, 2.75) is 26.9 Å². The summed E-state index contributed by atoms with van der Waals surface area (Å²) in [5.41, 5.74) is -0.450. The van der Waals surface area contributed by atoms with E-state index in [4.69, 9.17) is 9.47 Å². The summed E-state index contributed by atoms with van der Waals surface area (Å²) >= 11 is 0. The molecule has 0 saturated carbocycles. The normalized spacial score (nSPS) is 20.4. The molecule has 3 heteroatoms. The van der Waals surface area contributed by atoms with Crippen LogP contribution >= 0.6 is 0 Å². The third-order valence-corrected chi connectivity index (χ3v) is 1.76. The summed E-state index contributed by atoms with van der Waals surface area (Å²) in [6.45, 7) is 5.75. The van der Waals surface area contributed by atoms with Gasteiger partial charge < -0.3 is 9.47 Å². The summed E-state index contributed by atoms with van der Waals surface area (Å²) in [6, 6.07) is 0. The average Bonchev–Trinajstić information content (AvgIpc) is 2.14. The van der Waals surface area contributed by atoms with Gasteiger partial charge in [0.25, 0.3) is 0 Å². The predicted octanol–water partition coefficient (Wildman–Crippen LogP) is 2.04. The van der Waals surface area contributed by atoms with E-state index >= 15 is 0 Å². The summed E-state index contributed by atoms with van der Waals surface area (Å²) in [6.07, 6.45) is 6.97. The molecular weight excluding hydrogens is 180 g/mol. The van der Waals surface area contributed by atoms with E-state index < -0.39 is 5.41 Å². The molecular formula is C11H16O3. The van der Waals surface area contributed by atoms with Crippen molar-refractivity contribution in [1.29, 1.82) is 0 Å². The van der Waals surface area contributed by atoms with Gasteiger partial charge in [-0.3, -0.25) is 4.79 Å². The van der Waals surface area contributed by atoms with Crippen molar-refractivity contribution in [2.24, 2.45) is 5.41 Å². The molecule has 0 aromatic heterocycles. The zero-order valence-corrected chi connectivity index (χ0v) is 8.82. The van der Waals surface area contributed by atoms with Crippen LogP contribution in [0.2, 0.25) is 0 Å². The number of carbonyl (C=O) groups excluding carboxylic acids is 1. The number of allylic oxidation sites excluding steroid dienone is 2. The molecule has 0 amide bonds. The molecule has 0 fully saturated rings. The Morgan fingerprint density at radius 3 is 2.64 bits per heavy atom. The van der Waals surface area contributed by atoms with Crippen molar-refractivity contribution in [1.82, 2.24) is 0 Å². The maximum absolute atomic E-state index is 11.4. The van der Waals surface area contributed by atoms with Crippen LogP contribution in [0.1, 0.15) is 20.8 Å². The molecule has 1 atom stereocenters. The van der Waals surface area contributed by atoms with Crippen LogP contribution in [0.4, 0.5) is 0 Å². The Labute approximate surface area is 84.4 Å². The van der Waals surface area contributed by atoms with Gasteiger partial charge in [-0.15, -0.1) is 0 Å². The Kier molecular flexibility index (Phi) is 3.33. The monoisotopic (exact) mass is 196 g/mol. The van der Waals surface area contributed by atoms with Gasteiger partial charge in [-0.2, -0.15) is 0 Å². The first-order valence-electron chi connectivity index (χ1n) is 4.66. The predicted molar refractivity (Wildman–Crippen MR) is 53.6 cm³/mol. The van der Waals surface area contributed by atoms with Crippen molar-refractivity contribution in [3.8, 4) is 0 Å². The summed E-state index contributed by atoms with van der Waals surface area (Å²) < 4.78 is 10.3. The van der Waals surface area contributed by atoms with Crippen LogP contribution < -0.4 is 0 Å². The second-order valence-corrected chi connectivity index (χ2v) is 4.24. The van der Waals surface area contributed by atoms with Gasteiger partial charge in [0.2, 0.25) is 0 Å². The molecule has 0 aromatic carbocycles. The second-order valence-electron chi connectivity index (χ2n) is 4.24. The highest BCUT2D eigenvalue weighted by molar-refractivity contribution is 5.75. The number of carbonyl (C=O) groups is 1. The smallest absolute Gasteiger partial charge is 0.311 e. The average molecular weight is 196 g/mol. The maximum Gasteiger partial charge on any atom is 0.311 e. The van der Waals surface area contributed by atoms with Gasteiger partial charge in [0.1, 0.15) is 6.61 Å². The zero-order chi connectivity index (χ0) is 10.6. The molecule has 0 N–H and O–H groups in total. The Balaban J connectivity index is 2.31. The number of esters is 1. The molecule has 0 unspecified atom stereocenters. The van der Waals surface area contributed by atoms with Crippen molar-refractivity contribution in [2.75, 3.05) is 6.61 Å². The highest BCUT2D eigenvalue weighted by Crippen LogP contribution is 2.15. The number of hydrogen-bond donors (Lipinski definition) is 0. The standard InChI is InChI=1S/C11H16O3/c1-11(2,3)10(12)14-8-9-6-4-5-7-13-9/h4-7,9H,8H2,1-3H3/t9-/m1/s1. The first-order valence-corrected chi connectivity index (χ1v) is 4.66. The van der Waals surface area contributed by atoms with Crippen LogP contribution in [-0.2, 0) is 14.3 Å². The van der Waals surface area contributed by atoms with E-state index in [1.807, 2.05) is 32.9 Å². The molecule has 0 radical (unpaired) electrons. The first kappa shape index (κ1) is 10.8. The van der Waals surface area contributed by atoms with Crippen molar-refractivity contribution in [3.63, 3.8) is 0 Å². The van der Waals surface area contributed by atoms with E-state index in [1.54, 1.807) is 12.3 Å². The summed E-state index contributed by atoms with van der Waals surface area (Å²) in [7, 11) is 0. The topological polar surface area (TPSA) is 35.5 Å². The molecule has 0 spiro atoms. The Bertz CT molecular complexity index is 258. The number of ether oxygens (including phenoxy) is 2. The minimum atomic E-state index is -0.450. The molecule has 1 heterocycles.